The summed E-state index contributed by atoms with van der Waals surface area (Å²) in [7, 11) is 1.50. The fraction of sp³-hybridized carbons (Fsp3) is 0.364. The summed E-state index contributed by atoms with van der Waals surface area (Å²) in [6.45, 7) is 0.374. The van der Waals surface area contributed by atoms with Crippen LogP contribution in [-0.2, 0) is 17.9 Å². The average molecular weight is 242 g/mol. The van der Waals surface area contributed by atoms with Gasteiger partial charge in [-0.3, -0.25) is 0 Å². The molecule has 17 heavy (non-hydrogen) atoms. The lowest BCUT2D eigenvalue weighted by Gasteiger charge is -2.06. The van der Waals surface area contributed by atoms with Gasteiger partial charge in [-0.1, -0.05) is 0 Å². The van der Waals surface area contributed by atoms with Crippen LogP contribution in [0.2, 0.25) is 0 Å². The van der Waals surface area contributed by atoms with Crippen LogP contribution in [0.15, 0.2) is 12.1 Å². The molecule has 0 saturated heterocycles. The van der Waals surface area contributed by atoms with E-state index in [0.29, 0.717) is 16.9 Å². The Morgan fingerprint density at radius 2 is 2.06 bits per heavy atom. The maximum atomic E-state index is 13.2. The molecule has 0 aliphatic carbocycles. The van der Waals surface area contributed by atoms with Gasteiger partial charge in [-0.15, -0.1) is 0 Å². The number of aliphatic hydroxyl groups excluding tert-OH is 1. The minimum absolute atomic E-state index is 0.110. The zero-order valence-corrected chi connectivity index (χ0v) is 9.28. The van der Waals surface area contributed by atoms with Crippen LogP contribution >= 0.6 is 0 Å². The van der Waals surface area contributed by atoms with Gasteiger partial charge < -0.3 is 14.4 Å². The molecule has 1 N–H and O–H groups in total. The highest BCUT2D eigenvalue weighted by atomic mass is 19.2. The third-order valence-electron chi connectivity index (χ3n) is 2.47. The Morgan fingerprint density at radius 1 is 1.35 bits per heavy atom. The predicted molar refractivity (Wildman–Crippen MR) is 57.4 cm³/mol. The van der Waals surface area contributed by atoms with Gasteiger partial charge in [0.1, 0.15) is 12.4 Å². The predicted octanol–water partition coefficient (Wildman–Crippen LogP) is 1.45. The molecule has 4 nitrogen and oxygen atoms in total. The lowest BCUT2D eigenvalue weighted by molar-refractivity contribution is 0.172. The summed E-state index contributed by atoms with van der Waals surface area (Å²) in [4.78, 5) is 4.14. The van der Waals surface area contributed by atoms with Crippen molar-refractivity contribution in [1.29, 1.82) is 0 Å². The molecule has 92 valence electrons. The molecule has 1 aromatic heterocycles. The molecule has 0 radical (unpaired) electrons. The fourth-order valence-electron chi connectivity index (χ4n) is 1.76. The standard InChI is InChI=1S/C11H12F2N2O2/c1-17-6-11-14-9-4-7(12)8(13)5-10(9)15(11)2-3-16/h4-5,16H,2-3,6H2,1H3. The van der Waals surface area contributed by atoms with E-state index in [-0.39, 0.29) is 19.8 Å². The van der Waals surface area contributed by atoms with Crippen LogP contribution in [0.1, 0.15) is 5.82 Å². The summed E-state index contributed by atoms with van der Waals surface area (Å²) < 4.78 is 32.8. The quantitative estimate of drug-likeness (QED) is 0.882. The Balaban J connectivity index is 2.62. The number of imidazole rings is 1. The molecule has 0 spiro atoms. The first-order valence-corrected chi connectivity index (χ1v) is 5.11. The average Bonchev–Trinajstić information content (AvgIpc) is 2.59. The Kier molecular flexibility index (Phi) is 3.35. The summed E-state index contributed by atoms with van der Waals surface area (Å²) in [5.41, 5.74) is 0.800. The first-order chi connectivity index (χ1) is 8.17. The van der Waals surface area contributed by atoms with Gasteiger partial charge in [0.25, 0.3) is 0 Å². The topological polar surface area (TPSA) is 47.3 Å². The number of aromatic nitrogens is 2. The van der Waals surface area contributed by atoms with E-state index in [1.165, 1.54) is 7.11 Å². The molecule has 0 atom stereocenters. The van der Waals surface area contributed by atoms with E-state index in [0.717, 1.165) is 12.1 Å². The van der Waals surface area contributed by atoms with Crippen molar-refractivity contribution in [1.82, 2.24) is 9.55 Å². The van der Waals surface area contributed by atoms with E-state index in [2.05, 4.69) is 4.98 Å². The molecule has 0 unspecified atom stereocenters. The summed E-state index contributed by atoms with van der Waals surface area (Å²) in [6, 6.07) is 2.12. The molecule has 2 rings (SSSR count). The number of benzene rings is 1. The van der Waals surface area contributed by atoms with Gasteiger partial charge in [-0.25, -0.2) is 13.8 Å². The van der Waals surface area contributed by atoms with Crippen molar-refractivity contribution in [2.24, 2.45) is 0 Å². The monoisotopic (exact) mass is 242 g/mol. The molecule has 0 aliphatic rings. The van der Waals surface area contributed by atoms with Crippen molar-refractivity contribution in [2.45, 2.75) is 13.2 Å². The number of hydrogen-bond donors (Lipinski definition) is 1. The first-order valence-electron chi connectivity index (χ1n) is 5.11. The van der Waals surface area contributed by atoms with E-state index >= 15 is 0 Å². The van der Waals surface area contributed by atoms with Crippen molar-refractivity contribution in [3.8, 4) is 0 Å². The molecule has 1 aromatic carbocycles. The summed E-state index contributed by atoms with van der Waals surface area (Å²) in [5.74, 6) is -1.34. The second kappa shape index (κ2) is 4.77. The van der Waals surface area contributed by atoms with Crippen LogP contribution in [0.4, 0.5) is 8.78 Å². The molecular weight excluding hydrogens is 230 g/mol. The number of fused-ring (bicyclic) bond motifs is 1. The fourth-order valence-corrected chi connectivity index (χ4v) is 1.76. The third kappa shape index (κ3) is 2.13. The zero-order chi connectivity index (χ0) is 12.4. The maximum Gasteiger partial charge on any atom is 0.161 e. The summed E-state index contributed by atoms with van der Waals surface area (Å²) in [5, 5.41) is 8.96. The molecular formula is C11H12F2N2O2. The largest absolute Gasteiger partial charge is 0.395 e. The highest BCUT2D eigenvalue weighted by Crippen LogP contribution is 2.20. The normalized spacial score (nSPS) is 11.3. The summed E-state index contributed by atoms with van der Waals surface area (Å²) in [6.07, 6.45) is 0. The van der Waals surface area contributed by atoms with E-state index in [4.69, 9.17) is 9.84 Å². The Bertz CT molecular complexity index is 540. The Labute approximate surface area is 96.5 Å². The van der Waals surface area contributed by atoms with Crippen molar-refractivity contribution in [2.75, 3.05) is 13.7 Å². The molecule has 0 amide bonds. The maximum absolute atomic E-state index is 13.2. The second-order valence-electron chi connectivity index (χ2n) is 3.59. The number of nitrogens with zero attached hydrogens (tertiary/aromatic N) is 2. The van der Waals surface area contributed by atoms with Crippen LogP contribution < -0.4 is 0 Å². The second-order valence-corrected chi connectivity index (χ2v) is 3.59. The van der Waals surface area contributed by atoms with E-state index in [1.807, 2.05) is 0 Å². The van der Waals surface area contributed by atoms with Gasteiger partial charge in [0, 0.05) is 25.8 Å². The third-order valence-corrected chi connectivity index (χ3v) is 2.47. The van der Waals surface area contributed by atoms with Crippen LogP contribution in [0.3, 0.4) is 0 Å². The van der Waals surface area contributed by atoms with Crippen LogP contribution in [0.25, 0.3) is 11.0 Å². The minimum atomic E-state index is -0.935. The van der Waals surface area contributed by atoms with E-state index in [9.17, 15) is 8.78 Å². The number of rotatable bonds is 4. The van der Waals surface area contributed by atoms with Crippen LogP contribution in [0, 0.1) is 11.6 Å². The highest BCUT2D eigenvalue weighted by Gasteiger charge is 2.13. The van der Waals surface area contributed by atoms with Gasteiger partial charge in [0.2, 0.25) is 0 Å². The number of hydrogen-bond acceptors (Lipinski definition) is 3. The van der Waals surface area contributed by atoms with Gasteiger partial charge in [-0.05, 0) is 0 Å². The lowest BCUT2D eigenvalue weighted by Crippen LogP contribution is -2.07. The van der Waals surface area contributed by atoms with Gasteiger partial charge in [-0.2, -0.15) is 0 Å². The van der Waals surface area contributed by atoms with Gasteiger partial charge in [0.15, 0.2) is 11.6 Å². The van der Waals surface area contributed by atoms with E-state index < -0.39 is 11.6 Å². The van der Waals surface area contributed by atoms with Gasteiger partial charge >= 0.3 is 0 Å². The van der Waals surface area contributed by atoms with Crippen molar-refractivity contribution >= 4 is 11.0 Å². The molecule has 0 fully saturated rings. The van der Waals surface area contributed by atoms with Crippen molar-refractivity contribution < 1.29 is 18.6 Å². The molecule has 2 aromatic rings. The van der Waals surface area contributed by atoms with E-state index in [1.54, 1.807) is 4.57 Å². The molecule has 0 saturated carbocycles. The van der Waals surface area contributed by atoms with Crippen LogP contribution in [0.5, 0.6) is 0 Å². The lowest BCUT2D eigenvalue weighted by atomic mass is 10.3. The van der Waals surface area contributed by atoms with Gasteiger partial charge in [0.05, 0.1) is 17.6 Å². The number of aliphatic hydroxyl groups is 1. The first kappa shape index (κ1) is 11.9. The highest BCUT2D eigenvalue weighted by molar-refractivity contribution is 5.76. The number of halogens is 2. The number of methoxy groups -OCH3 is 1. The zero-order valence-electron chi connectivity index (χ0n) is 9.28. The Hall–Kier alpha value is -1.53. The molecule has 0 aliphatic heterocycles. The number of ether oxygens (including phenoxy) is 1. The SMILES string of the molecule is COCc1nc2cc(F)c(F)cc2n1CCO. The molecule has 0 bridgehead atoms. The molecule has 6 heteroatoms. The minimum Gasteiger partial charge on any atom is -0.395 e. The van der Waals surface area contributed by atoms with Crippen molar-refractivity contribution in [3.63, 3.8) is 0 Å². The van der Waals surface area contributed by atoms with Crippen LogP contribution in [-0.4, -0.2) is 28.4 Å². The Morgan fingerprint density at radius 3 is 2.71 bits per heavy atom. The smallest absolute Gasteiger partial charge is 0.161 e. The summed E-state index contributed by atoms with van der Waals surface area (Å²) >= 11 is 0. The van der Waals surface area contributed by atoms with Crippen molar-refractivity contribution in [3.05, 3.63) is 29.6 Å². The molecule has 1 heterocycles.